The van der Waals surface area contributed by atoms with Gasteiger partial charge in [-0.2, -0.15) is 5.10 Å². The van der Waals surface area contributed by atoms with Crippen molar-refractivity contribution in [1.29, 1.82) is 0 Å². The third kappa shape index (κ3) is 2.59. The minimum absolute atomic E-state index is 0.219. The summed E-state index contributed by atoms with van der Waals surface area (Å²) in [6.45, 7) is 0.854. The Morgan fingerprint density at radius 2 is 2.25 bits per heavy atom. The number of hydrogen-bond donors (Lipinski definition) is 1. The molecule has 1 aromatic heterocycles. The molecule has 0 saturated carbocycles. The molecular formula is C11H11FIN3. The van der Waals surface area contributed by atoms with Gasteiger partial charge >= 0.3 is 0 Å². The summed E-state index contributed by atoms with van der Waals surface area (Å²) >= 11 is 2.20. The molecule has 0 aliphatic rings. The molecule has 0 saturated heterocycles. The van der Waals surface area contributed by atoms with Gasteiger partial charge in [-0.3, -0.25) is 4.68 Å². The highest BCUT2D eigenvalue weighted by Gasteiger charge is 2.03. The predicted molar refractivity (Wildman–Crippen MR) is 68.3 cm³/mol. The van der Waals surface area contributed by atoms with Crippen molar-refractivity contribution < 1.29 is 4.39 Å². The second-order valence-corrected chi connectivity index (χ2v) is 4.73. The smallest absolute Gasteiger partial charge is 0.127 e. The molecular weight excluding hydrogens is 320 g/mol. The number of halogens is 2. The predicted octanol–water partition coefficient (Wildman–Crippen LogP) is 2.13. The fraction of sp³-hybridized carbons (Fsp3) is 0.182. The lowest BCUT2D eigenvalue weighted by Gasteiger charge is -2.05. The fourth-order valence-corrected chi connectivity index (χ4v) is 1.94. The highest BCUT2D eigenvalue weighted by atomic mass is 127. The van der Waals surface area contributed by atoms with E-state index in [2.05, 4.69) is 27.7 Å². The van der Waals surface area contributed by atoms with Crippen molar-refractivity contribution in [2.45, 2.75) is 13.1 Å². The molecule has 0 bridgehead atoms. The summed E-state index contributed by atoms with van der Waals surface area (Å²) in [7, 11) is 0. The van der Waals surface area contributed by atoms with E-state index in [0.717, 1.165) is 9.13 Å². The van der Waals surface area contributed by atoms with Crippen LogP contribution in [0.25, 0.3) is 0 Å². The highest BCUT2D eigenvalue weighted by molar-refractivity contribution is 14.1. The first-order valence-electron chi connectivity index (χ1n) is 4.84. The standard InChI is InChI=1S/C11H11FIN3/c12-11-2-1-8(3-9(11)4-14)6-16-7-10(13)5-15-16/h1-3,5,7H,4,6,14H2. The Morgan fingerprint density at radius 3 is 2.88 bits per heavy atom. The molecule has 84 valence electrons. The van der Waals surface area contributed by atoms with Crippen molar-refractivity contribution >= 4 is 22.6 Å². The zero-order chi connectivity index (χ0) is 11.5. The Bertz CT molecular complexity index is 496. The average Bonchev–Trinajstić information content (AvgIpc) is 2.67. The van der Waals surface area contributed by atoms with Crippen molar-refractivity contribution in [1.82, 2.24) is 9.78 Å². The molecule has 0 radical (unpaired) electrons. The van der Waals surface area contributed by atoms with Crippen LogP contribution in [0, 0.1) is 9.39 Å². The van der Waals surface area contributed by atoms with E-state index >= 15 is 0 Å². The molecule has 0 atom stereocenters. The number of nitrogens with two attached hydrogens (primary N) is 1. The van der Waals surface area contributed by atoms with Gasteiger partial charge in [-0.1, -0.05) is 6.07 Å². The van der Waals surface area contributed by atoms with Gasteiger partial charge in [-0.25, -0.2) is 4.39 Å². The van der Waals surface area contributed by atoms with E-state index in [-0.39, 0.29) is 12.4 Å². The maximum absolute atomic E-state index is 13.2. The van der Waals surface area contributed by atoms with Crippen molar-refractivity contribution in [3.05, 3.63) is 51.1 Å². The Balaban J connectivity index is 2.21. The van der Waals surface area contributed by atoms with Crippen LogP contribution in [0.1, 0.15) is 11.1 Å². The maximum atomic E-state index is 13.2. The van der Waals surface area contributed by atoms with Gasteiger partial charge < -0.3 is 5.73 Å². The SMILES string of the molecule is NCc1cc(Cn2cc(I)cn2)ccc1F. The topological polar surface area (TPSA) is 43.8 Å². The van der Waals surface area contributed by atoms with Crippen LogP contribution in [0.5, 0.6) is 0 Å². The molecule has 0 aliphatic carbocycles. The molecule has 5 heteroatoms. The summed E-state index contributed by atoms with van der Waals surface area (Å²) in [6, 6.07) is 4.99. The van der Waals surface area contributed by atoms with E-state index in [4.69, 9.17) is 5.73 Å². The van der Waals surface area contributed by atoms with E-state index in [1.54, 1.807) is 18.3 Å². The fourth-order valence-electron chi connectivity index (χ4n) is 1.49. The van der Waals surface area contributed by atoms with Gasteiger partial charge in [0.25, 0.3) is 0 Å². The number of benzene rings is 1. The number of rotatable bonds is 3. The summed E-state index contributed by atoms with van der Waals surface area (Å²) in [5.74, 6) is -0.249. The molecule has 0 fully saturated rings. The first-order valence-corrected chi connectivity index (χ1v) is 5.92. The second-order valence-electron chi connectivity index (χ2n) is 3.49. The van der Waals surface area contributed by atoms with Crippen LogP contribution in [0.3, 0.4) is 0 Å². The Morgan fingerprint density at radius 1 is 1.44 bits per heavy atom. The second kappa shape index (κ2) is 4.92. The highest BCUT2D eigenvalue weighted by Crippen LogP contribution is 2.11. The molecule has 1 aromatic carbocycles. The molecule has 0 spiro atoms. The first kappa shape index (κ1) is 11.5. The van der Waals surface area contributed by atoms with Crippen LogP contribution in [-0.4, -0.2) is 9.78 Å². The molecule has 0 aliphatic heterocycles. The van der Waals surface area contributed by atoms with Gasteiger partial charge in [0.1, 0.15) is 5.82 Å². The quantitative estimate of drug-likeness (QED) is 0.876. The summed E-state index contributed by atoms with van der Waals surface area (Å²) in [5, 5.41) is 4.17. The lowest BCUT2D eigenvalue weighted by Crippen LogP contribution is -2.04. The first-order chi connectivity index (χ1) is 7.69. The van der Waals surface area contributed by atoms with Gasteiger partial charge in [0.2, 0.25) is 0 Å². The van der Waals surface area contributed by atoms with Gasteiger partial charge in [0, 0.05) is 18.3 Å². The van der Waals surface area contributed by atoms with Crippen LogP contribution in [0.15, 0.2) is 30.6 Å². The third-order valence-electron chi connectivity index (χ3n) is 2.28. The summed E-state index contributed by atoms with van der Waals surface area (Å²) < 4.78 is 16.1. The van der Waals surface area contributed by atoms with Crippen LogP contribution in [0.4, 0.5) is 4.39 Å². The molecule has 0 amide bonds. The summed E-state index contributed by atoms with van der Waals surface area (Å²) in [6.07, 6.45) is 3.72. The van der Waals surface area contributed by atoms with E-state index in [0.29, 0.717) is 12.1 Å². The lowest BCUT2D eigenvalue weighted by molar-refractivity contribution is 0.607. The van der Waals surface area contributed by atoms with Crippen molar-refractivity contribution in [2.24, 2.45) is 5.73 Å². The summed E-state index contributed by atoms with van der Waals surface area (Å²) in [5.41, 5.74) is 7.00. The van der Waals surface area contributed by atoms with Gasteiger partial charge in [-0.15, -0.1) is 0 Å². The molecule has 3 nitrogen and oxygen atoms in total. The molecule has 1 heterocycles. The molecule has 0 unspecified atom stereocenters. The van der Waals surface area contributed by atoms with Crippen LogP contribution < -0.4 is 5.73 Å². The number of aromatic nitrogens is 2. The van der Waals surface area contributed by atoms with E-state index in [1.165, 1.54) is 6.07 Å². The van der Waals surface area contributed by atoms with Crippen LogP contribution in [-0.2, 0) is 13.1 Å². The molecule has 2 N–H and O–H groups in total. The van der Waals surface area contributed by atoms with E-state index in [9.17, 15) is 4.39 Å². The van der Waals surface area contributed by atoms with Crippen LogP contribution >= 0.6 is 22.6 Å². The third-order valence-corrected chi connectivity index (χ3v) is 2.83. The minimum atomic E-state index is -0.249. The minimum Gasteiger partial charge on any atom is -0.326 e. The van der Waals surface area contributed by atoms with Crippen molar-refractivity contribution in [2.75, 3.05) is 0 Å². The van der Waals surface area contributed by atoms with E-state index < -0.39 is 0 Å². The normalized spacial score (nSPS) is 10.7. The Kier molecular flexibility index (Phi) is 3.55. The maximum Gasteiger partial charge on any atom is 0.127 e. The van der Waals surface area contributed by atoms with Gasteiger partial charge in [0.05, 0.1) is 16.3 Å². The molecule has 2 rings (SSSR count). The van der Waals surface area contributed by atoms with Crippen LogP contribution in [0.2, 0.25) is 0 Å². The number of nitrogens with zero attached hydrogens (tertiary/aromatic N) is 2. The zero-order valence-electron chi connectivity index (χ0n) is 8.53. The van der Waals surface area contributed by atoms with Crippen molar-refractivity contribution in [3.63, 3.8) is 0 Å². The summed E-state index contributed by atoms with van der Waals surface area (Å²) in [4.78, 5) is 0. The molecule has 16 heavy (non-hydrogen) atoms. The lowest BCUT2D eigenvalue weighted by atomic mass is 10.1. The number of hydrogen-bond acceptors (Lipinski definition) is 2. The molecule has 2 aromatic rings. The zero-order valence-corrected chi connectivity index (χ0v) is 10.7. The Hall–Kier alpha value is -0.950. The van der Waals surface area contributed by atoms with Crippen molar-refractivity contribution in [3.8, 4) is 0 Å². The van der Waals surface area contributed by atoms with Gasteiger partial charge in [-0.05, 0) is 40.3 Å². The van der Waals surface area contributed by atoms with E-state index in [1.807, 2.05) is 10.9 Å². The average molecular weight is 331 g/mol. The largest absolute Gasteiger partial charge is 0.326 e. The van der Waals surface area contributed by atoms with Gasteiger partial charge in [0.15, 0.2) is 0 Å². The monoisotopic (exact) mass is 331 g/mol. The Labute approximate surface area is 107 Å².